The molecule has 0 heterocycles. The van der Waals surface area contributed by atoms with Crippen molar-refractivity contribution in [3.8, 4) is 0 Å². The van der Waals surface area contributed by atoms with Gasteiger partial charge >= 0.3 is 53.7 Å². The minimum absolute atomic E-state index is 0.161. The molecule has 24 heteroatoms. The van der Waals surface area contributed by atoms with E-state index in [4.69, 9.17) is 42.6 Å². The van der Waals surface area contributed by atoms with Crippen LogP contribution >= 0.6 is 0 Å². The van der Waals surface area contributed by atoms with Crippen LogP contribution in [0.3, 0.4) is 0 Å². The van der Waals surface area contributed by atoms with Crippen molar-refractivity contribution in [1.82, 2.24) is 29.4 Å². The van der Waals surface area contributed by atoms with Crippen LogP contribution in [0.2, 0.25) is 0 Å². The molecule has 99 heavy (non-hydrogen) atoms. The van der Waals surface area contributed by atoms with Crippen molar-refractivity contribution in [1.29, 1.82) is 0 Å². The lowest BCUT2D eigenvalue weighted by molar-refractivity contribution is -0.143. The molecule has 0 atom stereocenters. The van der Waals surface area contributed by atoms with Crippen molar-refractivity contribution in [3.05, 3.63) is 141 Å². The molecule has 0 saturated heterocycles. The van der Waals surface area contributed by atoms with E-state index in [-0.39, 0.29) is 112 Å². The monoisotopic (exact) mass is 1370 g/mol. The summed E-state index contributed by atoms with van der Waals surface area (Å²) in [7, 11) is 12.1. The van der Waals surface area contributed by atoms with Crippen molar-refractivity contribution in [2.45, 2.75) is 77.4 Å². The van der Waals surface area contributed by atoms with Crippen molar-refractivity contribution in [2.24, 2.45) is 0 Å². The maximum absolute atomic E-state index is 12.3. The maximum atomic E-state index is 12.3. The van der Waals surface area contributed by atoms with Crippen molar-refractivity contribution < 1.29 is 85.8 Å². The van der Waals surface area contributed by atoms with Crippen molar-refractivity contribution >= 4 is 90.2 Å². The number of hydrogen-bond acceptors (Lipinski definition) is 24. The Balaban J connectivity index is 1.64. The highest BCUT2D eigenvalue weighted by molar-refractivity contribution is 5.79. The lowest BCUT2D eigenvalue weighted by atomic mass is 10.0. The summed E-state index contributed by atoms with van der Waals surface area (Å²) in [6.07, 6.45) is 13.9. The predicted molar refractivity (Wildman–Crippen MR) is 377 cm³/mol. The summed E-state index contributed by atoms with van der Waals surface area (Å²) in [6, 6.07) is 30.9. The molecule has 24 nitrogen and oxygen atoms in total. The summed E-state index contributed by atoms with van der Waals surface area (Å²) in [6.45, 7) is 8.45. The van der Waals surface area contributed by atoms with E-state index < -0.39 is 0 Å². The second-order valence-corrected chi connectivity index (χ2v) is 23.4. The third-order valence-electron chi connectivity index (χ3n) is 16.5. The highest BCUT2D eigenvalue weighted by Crippen LogP contribution is 2.21. The van der Waals surface area contributed by atoms with Crippen LogP contribution in [0, 0.1) is 0 Å². The molecule has 0 N–H and O–H groups in total. The Morgan fingerprint density at radius 2 is 0.374 bits per heavy atom. The zero-order chi connectivity index (χ0) is 72.2. The van der Waals surface area contributed by atoms with Gasteiger partial charge in [-0.25, -0.2) is 0 Å². The number of carbonyl (C=O) groups excluding carboxylic acids is 9. The molecule has 0 radical (unpaired) electrons. The molecule has 0 spiro atoms. The van der Waals surface area contributed by atoms with Gasteiger partial charge in [0.15, 0.2) is 0 Å². The first-order chi connectivity index (χ1) is 47.8. The smallest absolute Gasteiger partial charge is 0.306 e. The van der Waals surface area contributed by atoms with Crippen LogP contribution in [-0.4, -0.2) is 245 Å². The van der Waals surface area contributed by atoms with Gasteiger partial charge in [0, 0.05) is 118 Å². The van der Waals surface area contributed by atoms with Crippen LogP contribution < -0.4 is 0 Å². The van der Waals surface area contributed by atoms with Gasteiger partial charge in [-0.05, 0) is 68.3 Å². The van der Waals surface area contributed by atoms with Gasteiger partial charge in [0.25, 0.3) is 0 Å². The van der Waals surface area contributed by atoms with Crippen LogP contribution in [0.25, 0.3) is 36.5 Å². The fraction of sp³-hybridized carbons (Fsp3) is 0.480. The van der Waals surface area contributed by atoms with Gasteiger partial charge in [0.2, 0.25) is 0 Å². The Kier molecular flexibility index (Phi) is 40.0. The SMILES string of the molecule is COC(=O)CCN(CCC(=O)OC)CCN(CCC(=O)OC)Cc1ccc(C=Cc2cc(C=Cc3ccc(CN(CCC(=O)OC)CCN(CCC(=O)OC)CCC(=O)OC)cc3)cc(C=Cc3ccc(CN(CCC(=O)OC)CCN(CCC(=O)OC)CCC(=O)OC)cc3)c2)cc1. The zero-order valence-electron chi connectivity index (χ0n) is 59.2. The largest absolute Gasteiger partial charge is 0.469 e. The van der Waals surface area contributed by atoms with Gasteiger partial charge in [0.1, 0.15) is 0 Å². The quantitative estimate of drug-likeness (QED) is 0.0234. The standard InChI is InChI=1S/C75H102N6O18/c1-91-67(82)28-37-76(38-29-68(83)92-2)46-49-79(43-34-73(88)97-7)55-61-19-10-58(11-20-61)16-25-64-52-65(26-17-59-12-21-62(22-13-59)56-80(44-35-74(89)98-8)50-47-77(39-30-69(84)93-3)40-31-70(85)94-4)54-66(53-64)27-18-60-14-23-63(24-15-60)57-81(45-36-75(90)99-9)51-48-78(41-32-71(86)95-5)42-33-72(87)96-6/h10-27,52-54H,28-51,55-57H2,1-9H3. The molecule has 0 unspecified atom stereocenters. The number of hydrogen-bond donors (Lipinski definition) is 0. The molecule has 0 fully saturated rings. The van der Waals surface area contributed by atoms with Crippen LogP contribution in [0.1, 0.15) is 108 Å². The molecular weight excluding hydrogens is 1270 g/mol. The highest BCUT2D eigenvalue weighted by Gasteiger charge is 2.20. The van der Waals surface area contributed by atoms with E-state index in [2.05, 4.69) is 106 Å². The molecule has 0 saturated carbocycles. The molecular formula is C75H102N6O18. The third-order valence-corrected chi connectivity index (χ3v) is 16.5. The molecule has 0 aliphatic carbocycles. The topological polar surface area (TPSA) is 256 Å². The van der Waals surface area contributed by atoms with E-state index in [1.54, 1.807) is 0 Å². The highest BCUT2D eigenvalue weighted by atomic mass is 16.5. The zero-order valence-corrected chi connectivity index (χ0v) is 59.2. The summed E-state index contributed by atoms with van der Waals surface area (Å²) < 4.78 is 44.1. The van der Waals surface area contributed by atoms with E-state index in [0.29, 0.717) is 118 Å². The van der Waals surface area contributed by atoms with E-state index >= 15 is 0 Å². The Bertz CT molecular complexity index is 2820. The van der Waals surface area contributed by atoms with Gasteiger partial charge in [-0.2, -0.15) is 0 Å². The maximum Gasteiger partial charge on any atom is 0.306 e. The number of benzene rings is 4. The van der Waals surface area contributed by atoms with E-state index in [1.807, 2.05) is 51.1 Å². The summed E-state index contributed by atoms with van der Waals surface area (Å²) in [4.78, 5) is 122. The lowest BCUT2D eigenvalue weighted by Gasteiger charge is -2.27. The molecule has 0 amide bonds. The second kappa shape index (κ2) is 47.9. The molecule has 0 bridgehead atoms. The fourth-order valence-corrected chi connectivity index (χ4v) is 10.4. The molecule has 4 rings (SSSR count). The van der Waals surface area contributed by atoms with Crippen molar-refractivity contribution in [3.63, 3.8) is 0 Å². The normalized spacial score (nSPS) is 11.5. The number of esters is 9. The average molecular weight is 1380 g/mol. The van der Waals surface area contributed by atoms with Gasteiger partial charge in [-0.3, -0.25) is 57.9 Å². The van der Waals surface area contributed by atoms with Gasteiger partial charge in [-0.1, -0.05) is 109 Å². The number of methoxy groups -OCH3 is 9. The molecule has 0 aromatic heterocycles. The summed E-state index contributed by atoms with van der Waals surface area (Å²) >= 11 is 0. The van der Waals surface area contributed by atoms with Gasteiger partial charge in [0.05, 0.1) is 122 Å². The molecule has 0 aliphatic heterocycles. The van der Waals surface area contributed by atoms with Gasteiger partial charge in [-0.15, -0.1) is 0 Å². The number of rotatable bonds is 48. The second-order valence-electron chi connectivity index (χ2n) is 23.4. The lowest BCUT2D eigenvalue weighted by Crippen LogP contribution is -2.38. The Morgan fingerprint density at radius 3 is 0.545 bits per heavy atom. The predicted octanol–water partition coefficient (Wildman–Crippen LogP) is 7.58. The van der Waals surface area contributed by atoms with Crippen LogP contribution in [0.5, 0.6) is 0 Å². The fourth-order valence-electron chi connectivity index (χ4n) is 10.4. The summed E-state index contributed by atoms with van der Waals surface area (Å²) in [5, 5.41) is 0. The van der Waals surface area contributed by atoms with Gasteiger partial charge < -0.3 is 57.3 Å². The molecule has 4 aromatic rings. The van der Waals surface area contributed by atoms with Crippen LogP contribution in [0.4, 0.5) is 0 Å². The Labute approximate surface area is 583 Å². The first kappa shape index (κ1) is 82.5. The number of nitrogens with zero attached hydrogens (tertiary/aromatic N) is 6. The minimum atomic E-state index is -0.351. The van der Waals surface area contributed by atoms with E-state index in [9.17, 15) is 43.2 Å². The molecule has 4 aromatic carbocycles. The van der Waals surface area contributed by atoms with Crippen molar-refractivity contribution in [2.75, 3.05) is 162 Å². The molecule has 540 valence electrons. The number of ether oxygens (including phenoxy) is 9. The Morgan fingerprint density at radius 1 is 0.222 bits per heavy atom. The molecule has 0 aliphatic rings. The first-order valence-electron chi connectivity index (χ1n) is 33.2. The van der Waals surface area contributed by atoms with Crippen LogP contribution in [0.15, 0.2) is 91.0 Å². The summed E-state index contributed by atoms with van der Waals surface area (Å²) in [5.41, 5.74) is 8.81. The Hall–Kier alpha value is -8.91. The van der Waals surface area contributed by atoms with E-state index in [0.717, 1.165) is 50.1 Å². The number of carbonyl (C=O) groups is 9. The summed E-state index contributed by atoms with van der Waals surface area (Å²) in [5.74, 6) is -3.10. The average Bonchev–Trinajstić information content (AvgIpc) is 0.882. The van der Waals surface area contributed by atoms with Crippen LogP contribution in [-0.2, 0) is 105 Å². The minimum Gasteiger partial charge on any atom is -0.469 e. The first-order valence-corrected chi connectivity index (χ1v) is 33.2. The third kappa shape index (κ3) is 35.4. The van der Waals surface area contributed by atoms with E-state index in [1.165, 1.54) is 64.0 Å².